The van der Waals surface area contributed by atoms with Crippen LogP contribution in [0.4, 0.5) is 4.39 Å². The number of hydrogen-bond donors (Lipinski definition) is 0. The third-order valence-corrected chi connectivity index (χ3v) is 5.71. The normalized spacial score (nSPS) is 13.5. The maximum absolute atomic E-state index is 13.0. The highest BCUT2D eigenvalue weighted by atomic mass is 32.2. The largest absolute Gasteiger partial charge is 0.464 e. The molecule has 0 atom stereocenters. The van der Waals surface area contributed by atoms with Crippen LogP contribution < -0.4 is 4.74 Å². The van der Waals surface area contributed by atoms with Crippen LogP contribution in [0.25, 0.3) is 11.3 Å². The van der Waals surface area contributed by atoms with Gasteiger partial charge in [0.2, 0.25) is 0 Å². The molecule has 0 N–H and O–H groups in total. The Hall–Kier alpha value is -3.15. The van der Waals surface area contributed by atoms with E-state index in [2.05, 4.69) is 11.0 Å². The Balaban J connectivity index is 1.62. The van der Waals surface area contributed by atoms with Gasteiger partial charge in [-0.2, -0.15) is 5.26 Å². The summed E-state index contributed by atoms with van der Waals surface area (Å²) in [6, 6.07) is 11.1. The van der Waals surface area contributed by atoms with Crippen molar-refractivity contribution >= 4 is 17.7 Å². The van der Waals surface area contributed by atoms with Crippen molar-refractivity contribution in [2.45, 2.75) is 18.0 Å². The number of carbonyl (C=O) groups excluding carboxylic acids is 1. The lowest BCUT2D eigenvalue weighted by Gasteiger charge is -2.27. The number of carbonyl (C=O) groups is 1. The molecule has 3 aromatic rings. The number of benzene rings is 1. The number of aromatic nitrogens is 1. The number of furan rings is 1. The van der Waals surface area contributed by atoms with E-state index >= 15 is 0 Å². The molecular formula is C22H18FN3O3S. The highest BCUT2D eigenvalue weighted by molar-refractivity contribution is 7.99. The third kappa shape index (κ3) is 4.22. The minimum Gasteiger partial charge on any atom is -0.464 e. The number of rotatable bonds is 5. The standard InChI is InChI=1S/C22H18FN3O3S/c1-26-9-8-18-17(12-26)21(19-3-2-10-28-19)16(11-24)22(25-18)30-13-20(27)29-15-6-4-14(23)5-7-15/h2-7,10H,8-9,12-13H2,1H3. The van der Waals surface area contributed by atoms with Gasteiger partial charge >= 0.3 is 5.97 Å². The quantitative estimate of drug-likeness (QED) is 0.348. The minimum atomic E-state index is -0.505. The summed E-state index contributed by atoms with van der Waals surface area (Å²) in [5.41, 5.74) is 3.01. The van der Waals surface area contributed by atoms with E-state index in [1.165, 1.54) is 24.3 Å². The Morgan fingerprint density at radius 3 is 2.87 bits per heavy atom. The van der Waals surface area contributed by atoms with Crippen LogP contribution in [0.2, 0.25) is 0 Å². The average Bonchev–Trinajstić information content (AvgIpc) is 3.27. The first-order chi connectivity index (χ1) is 14.5. The molecule has 152 valence electrons. The van der Waals surface area contributed by atoms with Crippen LogP contribution in [0, 0.1) is 17.1 Å². The van der Waals surface area contributed by atoms with Crippen molar-refractivity contribution in [1.82, 2.24) is 9.88 Å². The summed E-state index contributed by atoms with van der Waals surface area (Å²) < 4.78 is 23.8. The molecule has 3 heterocycles. The molecule has 1 aliphatic heterocycles. The van der Waals surface area contributed by atoms with E-state index in [-0.39, 0.29) is 11.5 Å². The molecule has 0 aliphatic carbocycles. The van der Waals surface area contributed by atoms with Crippen molar-refractivity contribution in [2.75, 3.05) is 19.3 Å². The highest BCUT2D eigenvalue weighted by Crippen LogP contribution is 2.37. The van der Waals surface area contributed by atoms with Gasteiger partial charge in [-0.3, -0.25) is 4.79 Å². The van der Waals surface area contributed by atoms with E-state index < -0.39 is 11.8 Å². The summed E-state index contributed by atoms with van der Waals surface area (Å²) in [4.78, 5) is 19.1. The number of nitriles is 1. The Bertz CT molecular complexity index is 1110. The molecule has 0 saturated carbocycles. The number of nitrogens with zero attached hydrogens (tertiary/aromatic N) is 3. The zero-order valence-electron chi connectivity index (χ0n) is 16.2. The van der Waals surface area contributed by atoms with Crippen LogP contribution in [0.3, 0.4) is 0 Å². The zero-order chi connectivity index (χ0) is 21.1. The molecule has 0 amide bonds. The van der Waals surface area contributed by atoms with Gasteiger partial charge in [0.1, 0.15) is 28.4 Å². The molecule has 0 saturated heterocycles. The number of thioether (sulfide) groups is 1. The van der Waals surface area contributed by atoms with Gasteiger partial charge in [-0.15, -0.1) is 0 Å². The number of fused-ring (bicyclic) bond motifs is 1. The fourth-order valence-electron chi connectivity index (χ4n) is 3.36. The first-order valence-electron chi connectivity index (χ1n) is 9.32. The molecule has 2 aromatic heterocycles. The summed E-state index contributed by atoms with van der Waals surface area (Å²) in [6.45, 7) is 1.53. The Morgan fingerprint density at radius 1 is 1.37 bits per heavy atom. The Kier molecular flexibility index (Phi) is 5.84. The van der Waals surface area contributed by atoms with Crippen LogP contribution >= 0.6 is 11.8 Å². The monoisotopic (exact) mass is 423 g/mol. The topological polar surface area (TPSA) is 79.4 Å². The maximum atomic E-state index is 13.0. The highest BCUT2D eigenvalue weighted by Gasteiger charge is 2.26. The van der Waals surface area contributed by atoms with Crippen LogP contribution in [0.5, 0.6) is 5.75 Å². The molecule has 0 bridgehead atoms. The Labute approximate surface area is 177 Å². The molecule has 0 fully saturated rings. The van der Waals surface area contributed by atoms with Gasteiger partial charge in [-0.1, -0.05) is 11.8 Å². The van der Waals surface area contributed by atoms with Crippen LogP contribution in [-0.4, -0.2) is 35.2 Å². The summed E-state index contributed by atoms with van der Waals surface area (Å²) in [5, 5.41) is 10.4. The number of hydrogen-bond acceptors (Lipinski definition) is 7. The van der Waals surface area contributed by atoms with E-state index in [0.717, 1.165) is 41.5 Å². The number of halogens is 1. The molecule has 1 aromatic carbocycles. The van der Waals surface area contributed by atoms with Gasteiger partial charge in [-0.05, 0) is 43.4 Å². The lowest BCUT2D eigenvalue weighted by Crippen LogP contribution is -2.28. The first kappa shape index (κ1) is 20.1. The fourth-order valence-corrected chi connectivity index (χ4v) is 4.14. The van der Waals surface area contributed by atoms with E-state index in [0.29, 0.717) is 22.9 Å². The van der Waals surface area contributed by atoms with Crippen molar-refractivity contribution < 1.29 is 18.3 Å². The molecule has 6 nitrogen and oxygen atoms in total. The second kappa shape index (κ2) is 8.69. The van der Waals surface area contributed by atoms with E-state index in [4.69, 9.17) is 14.1 Å². The summed E-state index contributed by atoms with van der Waals surface area (Å²) in [6.07, 6.45) is 2.32. The number of likely N-dealkylation sites (N-methyl/N-ethyl adjacent to an activating group) is 1. The van der Waals surface area contributed by atoms with E-state index in [9.17, 15) is 14.4 Å². The smallest absolute Gasteiger partial charge is 0.321 e. The second-order valence-electron chi connectivity index (χ2n) is 6.89. The fraction of sp³-hybridized carbons (Fsp3) is 0.227. The van der Waals surface area contributed by atoms with Gasteiger partial charge < -0.3 is 14.1 Å². The lowest BCUT2D eigenvalue weighted by atomic mass is 9.95. The molecule has 8 heteroatoms. The van der Waals surface area contributed by atoms with Crippen LogP contribution in [-0.2, 0) is 17.8 Å². The molecule has 0 unspecified atom stereocenters. The van der Waals surface area contributed by atoms with Crippen molar-refractivity contribution in [1.29, 1.82) is 5.26 Å². The van der Waals surface area contributed by atoms with Gasteiger partial charge in [0, 0.05) is 36.3 Å². The number of pyridine rings is 1. The summed E-state index contributed by atoms with van der Waals surface area (Å²) in [5.74, 6) is -0.0713. The first-order valence-corrected chi connectivity index (χ1v) is 10.3. The predicted octanol–water partition coefficient (Wildman–Crippen LogP) is 4.04. The maximum Gasteiger partial charge on any atom is 0.321 e. The van der Waals surface area contributed by atoms with Gasteiger partial charge in [-0.25, -0.2) is 9.37 Å². The molecule has 30 heavy (non-hydrogen) atoms. The van der Waals surface area contributed by atoms with Crippen LogP contribution in [0.15, 0.2) is 52.1 Å². The number of esters is 1. The average molecular weight is 423 g/mol. The lowest BCUT2D eigenvalue weighted by molar-refractivity contribution is -0.131. The molecule has 0 radical (unpaired) electrons. The van der Waals surface area contributed by atoms with E-state index in [1.807, 2.05) is 13.1 Å². The van der Waals surface area contributed by atoms with Crippen LogP contribution in [0.1, 0.15) is 16.8 Å². The van der Waals surface area contributed by atoms with Crippen molar-refractivity contribution in [3.8, 4) is 23.1 Å². The third-order valence-electron chi connectivity index (χ3n) is 4.76. The van der Waals surface area contributed by atoms with Gasteiger partial charge in [0.15, 0.2) is 0 Å². The Morgan fingerprint density at radius 2 is 2.17 bits per heavy atom. The summed E-state index contributed by atoms with van der Waals surface area (Å²) in [7, 11) is 2.02. The number of ether oxygens (including phenoxy) is 1. The van der Waals surface area contributed by atoms with Crippen molar-refractivity contribution in [3.63, 3.8) is 0 Å². The SMILES string of the molecule is CN1CCc2nc(SCC(=O)Oc3ccc(F)cc3)c(C#N)c(-c3ccco3)c2C1. The molecule has 0 spiro atoms. The van der Waals surface area contributed by atoms with E-state index in [1.54, 1.807) is 12.3 Å². The minimum absolute atomic E-state index is 0.0324. The molecule has 4 rings (SSSR count). The second-order valence-corrected chi connectivity index (χ2v) is 7.85. The van der Waals surface area contributed by atoms with Crippen molar-refractivity contribution in [3.05, 3.63) is 65.3 Å². The van der Waals surface area contributed by atoms with Gasteiger partial charge in [0.05, 0.1) is 17.6 Å². The zero-order valence-corrected chi connectivity index (χ0v) is 17.0. The molecule has 1 aliphatic rings. The summed E-state index contributed by atoms with van der Waals surface area (Å²) >= 11 is 1.15. The predicted molar refractivity (Wildman–Crippen MR) is 109 cm³/mol. The van der Waals surface area contributed by atoms with Gasteiger partial charge in [0.25, 0.3) is 0 Å². The molecular weight excluding hydrogens is 405 g/mol. The van der Waals surface area contributed by atoms with Crippen molar-refractivity contribution in [2.24, 2.45) is 0 Å².